The Morgan fingerprint density at radius 3 is 2.65 bits per heavy atom. The fraction of sp³-hybridized carbons (Fsp3) is 0.571. The number of benzene rings is 1. The molecule has 2 rings (SSSR count). The fourth-order valence-corrected chi connectivity index (χ4v) is 2.69. The minimum absolute atomic E-state index is 0.608. The molecule has 1 fully saturated rings. The van der Waals surface area contributed by atoms with Gasteiger partial charge in [0.2, 0.25) is 0 Å². The van der Waals surface area contributed by atoms with Gasteiger partial charge in [0.1, 0.15) is 0 Å². The molecule has 0 aromatic heterocycles. The lowest BCUT2D eigenvalue weighted by molar-refractivity contribution is 0.139. The molecule has 2 unspecified atom stereocenters. The first-order chi connectivity index (χ1) is 8.19. The van der Waals surface area contributed by atoms with Crippen LogP contribution in [0.1, 0.15) is 19.4 Å². The van der Waals surface area contributed by atoms with E-state index in [1.54, 1.807) is 11.8 Å². The summed E-state index contributed by atoms with van der Waals surface area (Å²) in [6.07, 6.45) is 2.12. The van der Waals surface area contributed by atoms with Gasteiger partial charge in [-0.3, -0.25) is 4.90 Å². The molecular weight excluding hydrogens is 228 g/mol. The van der Waals surface area contributed by atoms with Crippen LogP contribution in [0.15, 0.2) is 29.2 Å². The van der Waals surface area contributed by atoms with E-state index < -0.39 is 0 Å². The highest BCUT2D eigenvalue weighted by Gasteiger charge is 2.21. The van der Waals surface area contributed by atoms with E-state index in [0.29, 0.717) is 12.1 Å². The van der Waals surface area contributed by atoms with Gasteiger partial charge in [0.15, 0.2) is 0 Å². The van der Waals surface area contributed by atoms with E-state index in [9.17, 15) is 0 Å². The number of hydrogen-bond donors (Lipinski definition) is 1. The van der Waals surface area contributed by atoms with E-state index in [1.165, 1.54) is 10.5 Å². The van der Waals surface area contributed by atoms with Gasteiger partial charge in [-0.25, -0.2) is 0 Å². The Hall–Kier alpha value is -0.510. The average molecular weight is 250 g/mol. The second-order valence-corrected chi connectivity index (χ2v) is 5.82. The Bertz CT molecular complexity index is 350. The van der Waals surface area contributed by atoms with Gasteiger partial charge in [-0.1, -0.05) is 12.1 Å². The lowest BCUT2D eigenvalue weighted by Gasteiger charge is -2.37. The third-order valence-electron chi connectivity index (χ3n) is 3.44. The normalized spacial score (nSPS) is 26.1. The number of piperazine rings is 1. The first-order valence-electron chi connectivity index (χ1n) is 6.29. The maximum Gasteiger partial charge on any atom is 0.0237 e. The van der Waals surface area contributed by atoms with Crippen LogP contribution in [-0.4, -0.2) is 36.3 Å². The van der Waals surface area contributed by atoms with Gasteiger partial charge in [-0.15, -0.1) is 11.8 Å². The minimum atomic E-state index is 0.608. The maximum atomic E-state index is 3.52. The zero-order valence-electron chi connectivity index (χ0n) is 10.9. The lowest BCUT2D eigenvalue weighted by Crippen LogP contribution is -2.53. The van der Waals surface area contributed by atoms with E-state index in [4.69, 9.17) is 0 Å². The molecule has 1 saturated heterocycles. The van der Waals surface area contributed by atoms with Crippen molar-refractivity contribution in [3.05, 3.63) is 29.8 Å². The molecule has 1 aliphatic rings. The predicted octanol–water partition coefficient (Wildman–Crippen LogP) is 2.59. The standard InChI is InChI=1S/C14H22N2S/c1-11-9-16(12(2)8-15-11)10-13-4-6-14(17-3)7-5-13/h4-7,11-12,15H,8-10H2,1-3H3. The second-order valence-electron chi connectivity index (χ2n) is 4.94. The Kier molecular flexibility index (Phi) is 4.48. The number of nitrogens with zero attached hydrogens (tertiary/aromatic N) is 1. The summed E-state index contributed by atoms with van der Waals surface area (Å²) in [5.41, 5.74) is 1.42. The quantitative estimate of drug-likeness (QED) is 0.830. The first-order valence-corrected chi connectivity index (χ1v) is 7.52. The highest BCUT2D eigenvalue weighted by molar-refractivity contribution is 7.98. The number of hydrogen-bond acceptors (Lipinski definition) is 3. The van der Waals surface area contributed by atoms with Crippen molar-refractivity contribution in [2.75, 3.05) is 19.3 Å². The van der Waals surface area contributed by atoms with Crippen molar-refractivity contribution in [1.82, 2.24) is 10.2 Å². The van der Waals surface area contributed by atoms with Gasteiger partial charge < -0.3 is 5.32 Å². The van der Waals surface area contributed by atoms with Crippen LogP contribution < -0.4 is 5.32 Å². The molecule has 0 amide bonds. The summed E-state index contributed by atoms with van der Waals surface area (Å²) < 4.78 is 0. The summed E-state index contributed by atoms with van der Waals surface area (Å²) in [5.74, 6) is 0. The largest absolute Gasteiger partial charge is 0.311 e. The summed E-state index contributed by atoms with van der Waals surface area (Å²) in [6, 6.07) is 10.2. The van der Waals surface area contributed by atoms with Gasteiger partial charge in [-0.05, 0) is 37.8 Å². The Morgan fingerprint density at radius 1 is 1.29 bits per heavy atom. The smallest absolute Gasteiger partial charge is 0.0237 e. The summed E-state index contributed by atoms with van der Waals surface area (Å²) >= 11 is 1.80. The van der Waals surface area contributed by atoms with Crippen molar-refractivity contribution in [3.63, 3.8) is 0 Å². The topological polar surface area (TPSA) is 15.3 Å². The molecule has 0 saturated carbocycles. The third-order valence-corrected chi connectivity index (χ3v) is 4.18. The van der Waals surface area contributed by atoms with Crippen LogP contribution in [0.2, 0.25) is 0 Å². The third kappa shape index (κ3) is 3.47. The molecule has 1 aromatic rings. The van der Waals surface area contributed by atoms with Crippen molar-refractivity contribution in [3.8, 4) is 0 Å². The zero-order valence-corrected chi connectivity index (χ0v) is 11.8. The minimum Gasteiger partial charge on any atom is -0.311 e. The molecule has 94 valence electrons. The summed E-state index contributed by atoms with van der Waals surface area (Å²) in [4.78, 5) is 3.91. The van der Waals surface area contributed by atoms with Gasteiger partial charge in [0.25, 0.3) is 0 Å². The molecule has 1 aromatic carbocycles. The summed E-state index contributed by atoms with van der Waals surface area (Å²) in [5, 5.41) is 3.52. The first kappa shape index (κ1) is 12.9. The average Bonchev–Trinajstić information content (AvgIpc) is 2.35. The van der Waals surface area contributed by atoms with E-state index >= 15 is 0 Å². The van der Waals surface area contributed by atoms with Gasteiger partial charge >= 0.3 is 0 Å². The zero-order chi connectivity index (χ0) is 12.3. The SMILES string of the molecule is CSc1ccc(CN2CC(C)NCC2C)cc1. The number of rotatable bonds is 3. The molecule has 0 bridgehead atoms. The number of thioether (sulfide) groups is 1. The molecule has 1 N–H and O–H groups in total. The molecule has 0 aliphatic carbocycles. The summed E-state index contributed by atoms with van der Waals surface area (Å²) in [7, 11) is 0. The van der Waals surface area contributed by atoms with Gasteiger partial charge in [0, 0.05) is 36.6 Å². The molecular formula is C14H22N2S. The molecule has 17 heavy (non-hydrogen) atoms. The van der Waals surface area contributed by atoms with Crippen LogP contribution in [0, 0.1) is 0 Å². The van der Waals surface area contributed by atoms with Crippen molar-refractivity contribution in [1.29, 1.82) is 0 Å². The monoisotopic (exact) mass is 250 g/mol. The molecule has 0 spiro atoms. The maximum absolute atomic E-state index is 3.52. The lowest BCUT2D eigenvalue weighted by atomic mass is 10.1. The van der Waals surface area contributed by atoms with Crippen molar-refractivity contribution in [2.45, 2.75) is 37.4 Å². The van der Waals surface area contributed by atoms with Crippen LogP contribution in [0.4, 0.5) is 0 Å². The van der Waals surface area contributed by atoms with Crippen LogP contribution >= 0.6 is 11.8 Å². The van der Waals surface area contributed by atoms with Crippen LogP contribution in [0.3, 0.4) is 0 Å². The fourth-order valence-electron chi connectivity index (χ4n) is 2.28. The second kappa shape index (κ2) is 5.89. The molecule has 0 radical (unpaired) electrons. The Morgan fingerprint density at radius 2 is 2.00 bits per heavy atom. The predicted molar refractivity (Wildman–Crippen MR) is 75.6 cm³/mol. The Balaban J connectivity index is 1.98. The van der Waals surface area contributed by atoms with E-state index in [2.05, 4.69) is 54.6 Å². The van der Waals surface area contributed by atoms with Gasteiger partial charge in [-0.2, -0.15) is 0 Å². The van der Waals surface area contributed by atoms with E-state index in [-0.39, 0.29) is 0 Å². The summed E-state index contributed by atoms with van der Waals surface area (Å²) in [6.45, 7) is 7.88. The molecule has 3 heteroatoms. The molecule has 1 aliphatic heterocycles. The van der Waals surface area contributed by atoms with E-state index in [0.717, 1.165) is 19.6 Å². The highest BCUT2D eigenvalue weighted by Crippen LogP contribution is 2.17. The molecule has 2 atom stereocenters. The van der Waals surface area contributed by atoms with Crippen LogP contribution in [0.5, 0.6) is 0 Å². The van der Waals surface area contributed by atoms with Crippen LogP contribution in [-0.2, 0) is 6.54 Å². The van der Waals surface area contributed by atoms with Crippen molar-refractivity contribution >= 4 is 11.8 Å². The van der Waals surface area contributed by atoms with E-state index in [1.807, 2.05) is 0 Å². The highest BCUT2D eigenvalue weighted by atomic mass is 32.2. The van der Waals surface area contributed by atoms with Crippen molar-refractivity contribution < 1.29 is 0 Å². The molecule has 1 heterocycles. The molecule has 2 nitrogen and oxygen atoms in total. The van der Waals surface area contributed by atoms with Crippen LogP contribution in [0.25, 0.3) is 0 Å². The van der Waals surface area contributed by atoms with Gasteiger partial charge in [0.05, 0.1) is 0 Å². The van der Waals surface area contributed by atoms with Crippen molar-refractivity contribution in [2.24, 2.45) is 0 Å². The number of nitrogens with one attached hydrogen (secondary N) is 1. The Labute approximate surface area is 109 Å².